The summed E-state index contributed by atoms with van der Waals surface area (Å²) in [6.07, 6.45) is 6.45. The van der Waals surface area contributed by atoms with E-state index in [1.807, 2.05) is 20.8 Å². The molecule has 0 radical (unpaired) electrons. The Labute approximate surface area is 255 Å². The first-order valence-electron chi connectivity index (χ1n) is 14.9. The van der Waals surface area contributed by atoms with Crippen molar-refractivity contribution in [1.82, 2.24) is 9.80 Å². The lowest BCUT2D eigenvalue weighted by Crippen LogP contribution is -2.68. The first-order valence-corrected chi connectivity index (χ1v) is 14.9. The Bertz CT molecular complexity index is 1480. The predicted molar refractivity (Wildman–Crippen MR) is 167 cm³/mol. The minimum Gasteiger partial charge on any atom is -0.493 e. The number of benzene rings is 2. The molecule has 2 bridgehead atoms. The molecule has 5 atom stereocenters. The number of rotatable bonds is 11. The second-order valence-electron chi connectivity index (χ2n) is 11.6. The van der Waals surface area contributed by atoms with Crippen LogP contribution in [-0.2, 0) is 12.8 Å². The van der Waals surface area contributed by atoms with Crippen molar-refractivity contribution in [2.75, 3.05) is 40.6 Å². The summed E-state index contributed by atoms with van der Waals surface area (Å²) >= 11 is 0. The normalized spacial score (nSPS) is 24.1. The molecule has 0 aromatic heterocycles. The van der Waals surface area contributed by atoms with Crippen LogP contribution in [0.15, 0.2) is 44.0 Å². The Kier molecular flexibility index (Phi) is 8.89. The largest absolute Gasteiger partial charge is 0.493 e. The van der Waals surface area contributed by atoms with Gasteiger partial charge in [0.2, 0.25) is 0 Å². The van der Waals surface area contributed by atoms with E-state index in [2.05, 4.69) is 48.7 Å². The SMILES string of the molecule is C=CCOc1c(C)c(C)c(OCC=C)c2c1C[C@H]1[C@H]3c4c(cc(C)c(OC)c4OCC=C)C[C@@H]([C@H](C#N)N1[C@H]2CO)N3C. The van der Waals surface area contributed by atoms with Gasteiger partial charge in [0.25, 0.3) is 0 Å². The molecule has 0 aliphatic carbocycles. The van der Waals surface area contributed by atoms with Crippen LogP contribution in [0.3, 0.4) is 0 Å². The standard InChI is InChI=1S/C35H43N3O5/c1-9-12-41-33-21(5)22(6)34(42-13-10-2)30-24(33)17-26-31-29-23(15-20(4)32(40-8)35(29)43-14-11-3)16-25(37(31)7)27(18-36)38(26)28(30)19-39/h9-11,15,25-28,31,39H,1-3,12-14,16-17,19H2,4-8H3/t25-,26-,27-,28-,31-/m0/s1. The van der Waals surface area contributed by atoms with Gasteiger partial charge in [-0.3, -0.25) is 9.80 Å². The molecule has 0 saturated carbocycles. The number of hydrogen-bond acceptors (Lipinski definition) is 8. The number of ether oxygens (including phenoxy) is 4. The lowest BCUT2D eigenvalue weighted by molar-refractivity contribution is -0.0827. The van der Waals surface area contributed by atoms with Gasteiger partial charge >= 0.3 is 0 Å². The van der Waals surface area contributed by atoms with Crippen molar-refractivity contribution in [1.29, 1.82) is 5.26 Å². The third-order valence-electron chi connectivity index (χ3n) is 9.41. The van der Waals surface area contributed by atoms with Gasteiger partial charge in [0.1, 0.15) is 37.4 Å². The van der Waals surface area contributed by atoms with Crippen LogP contribution >= 0.6 is 0 Å². The molecule has 1 N–H and O–H groups in total. The molecule has 228 valence electrons. The first-order chi connectivity index (χ1) is 20.8. The second kappa shape index (κ2) is 12.5. The Balaban J connectivity index is 1.80. The number of fused-ring (bicyclic) bond motifs is 7. The molecule has 1 saturated heterocycles. The third-order valence-corrected chi connectivity index (χ3v) is 9.41. The average Bonchev–Trinajstić information content (AvgIpc) is 2.99. The van der Waals surface area contributed by atoms with Crippen molar-refractivity contribution >= 4 is 0 Å². The Morgan fingerprint density at radius 3 is 2.09 bits per heavy atom. The predicted octanol–water partition coefficient (Wildman–Crippen LogP) is 5.08. The minimum absolute atomic E-state index is 0.0880. The number of piperazine rings is 1. The number of aliphatic hydroxyl groups is 1. The van der Waals surface area contributed by atoms with Crippen molar-refractivity contribution in [3.8, 4) is 29.1 Å². The zero-order valence-electron chi connectivity index (χ0n) is 26.0. The van der Waals surface area contributed by atoms with Crippen molar-refractivity contribution in [3.63, 3.8) is 0 Å². The van der Waals surface area contributed by atoms with Crippen LogP contribution in [0.2, 0.25) is 0 Å². The van der Waals surface area contributed by atoms with E-state index in [0.29, 0.717) is 44.2 Å². The molecular formula is C35H43N3O5. The summed E-state index contributed by atoms with van der Waals surface area (Å²) < 4.78 is 24.9. The Morgan fingerprint density at radius 2 is 1.51 bits per heavy atom. The molecular weight excluding hydrogens is 542 g/mol. The summed E-state index contributed by atoms with van der Waals surface area (Å²) in [5, 5.41) is 21.8. The molecule has 3 heterocycles. The van der Waals surface area contributed by atoms with Gasteiger partial charge in [-0.1, -0.05) is 44.0 Å². The van der Waals surface area contributed by atoms with E-state index in [1.54, 1.807) is 25.3 Å². The molecule has 0 amide bonds. The molecule has 2 aromatic rings. The van der Waals surface area contributed by atoms with Crippen LogP contribution in [0.5, 0.6) is 23.0 Å². The maximum absolute atomic E-state index is 11.1. The van der Waals surface area contributed by atoms with Gasteiger partial charge in [-0.15, -0.1) is 0 Å². The summed E-state index contributed by atoms with van der Waals surface area (Å²) in [6, 6.07) is 3.48. The number of hydrogen-bond donors (Lipinski definition) is 1. The lowest BCUT2D eigenvalue weighted by Gasteiger charge is -2.60. The third kappa shape index (κ3) is 4.80. The van der Waals surface area contributed by atoms with E-state index in [9.17, 15) is 10.4 Å². The second-order valence-corrected chi connectivity index (χ2v) is 11.6. The van der Waals surface area contributed by atoms with Crippen LogP contribution in [-0.4, -0.2) is 73.6 Å². The number of aryl methyl sites for hydroxylation is 1. The molecule has 0 unspecified atom stereocenters. The fraction of sp³-hybridized carbons (Fsp3) is 0.457. The number of methoxy groups -OCH3 is 1. The maximum atomic E-state index is 11.1. The number of aliphatic hydroxyl groups excluding tert-OH is 1. The number of nitrogens with zero attached hydrogens (tertiary/aromatic N) is 3. The maximum Gasteiger partial charge on any atom is 0.167 e. The molecule has 43 heavy (non-hydrogen) atoms. The lowest BCUT2D eigenvalue weighted by atomic mass is 9.71. The van der Waals surface area contributed by atoms with Gasteiger partial charge in [-0.25, -0.2) is 0 Å². The minimum atomic E-state index is -0.478. The molecule has 5 rings (SSSR count). The number of nitriles is 1. The zero-order chi connectivity index (χ0) is 31.0. The summed E-state index contributed by atoms with van der Waals surface area (Å²) in [6.45, 7) is 18.5. The summed E-state index contributed by atoms with van der Waals surface area (Å²) in [7, 11) is 3.77. The van der Waals surface area contributed by atoms with Crippen LogP contribution in [0.4, 0.5) is 0 Å². The highest BCUT2D eigenvalue weighted by molar-refractivity contribution is 5.63. The van der Waals surface area contributed by atoms with Gasteiger partial charge < -0.3 is 24.1 Å². The molecule has 3 aliphatic rings. The highest BCUT2D eigenvalue weighted by atomic mass is 16.5. The van der Waals surface area contributed by atoms with Gasteiger partial charge in [-0.2, -0.15) is 5.26 Å². The highest BCUT2D eigenvalue weighted by Crippen LogP contribution is 2.56. The van der Waals surface area contributed by atoms with Crippen LogP contribution in [0, 0.1) is 32.1 Å². The quantitative estimate of drug-likeness (QED) is 0.366. The van der Waals surface area contributed by atoms with Gasteiger partial charge in [0, 0.05) is 28.8 Å². The fourth-order valence-corrected chi connectivity index (χ4v) is 7.62. The van der Waals surface area contributed by atoms with Gasteiger partial charge in [-0.05, 0) is 62.9 Å². The smallest absolute Gasteiger partial charge is 0.167 e. The van der Waals surface area contributed by atoms with Crippen molar-refractivity contribution in [2.45, 2.75) is 63.8 Å². The first kappa shape index (κ1) is 30.7. The zero-order valence-corrected chi connectivity index (χ0v) is 26.0. The number of likely N-dealkylation sites (N-methyl/N-ethyl adjacent to an activating group) is 1. The molecule has 1 fully saturated rings. The molecule has 8 heteroatoms. The van der Waals surface area contributed by atoms with Crippen molar-refractivity contribution in [3.05, 3.63) is 83.0 Å². The van der Waals surface area contributed by atoms with E-state index < -0.39 is 12.1 Å². The van der Waals surface area contributed by atoms with Gasteiger partial charge in [0.05, 0.1) is 31.9 Å². The summed E-state index contributed by atoms with van der Waals surface area (Å²) in [5.41, 5.74) is 7.03. The van der Waals surface area contributed by atoms with Crippen molar-refractivity contribution in [2.24, 2.45) is 0 Å². The Hall–Kier alpha value is -3.77. The molecule has 3 aliphatic heterocycles. The van der Waals surface area contributed by atoms with E-state index in [1.165, 1.54) is 0 Å². The van der Waals surface area contributed by atoms with E-state index in [4.69, 9.17) is 18.9 Å². The molecule has 8 nitrogen and oxygen atoms in total. The summed E-state index contributed by atoms with van der Waals surface area (Å²) in [5.74, 6) is 2.94. The van der Waals surface area contributed by atoms with Crippen LogP contribution in [0.25, 0.3) is 0 Å². The van der Waals surface area contributed by atoms with Crippen LogP contribution < -0.4 is 18.9 Å². The van der Waals surface area contributed by atoms with E-state index in [-0.39, 0.29) is 24.7 Å². The highest BCUT2D eigenvalue weighted by Gasteiger charge is 2.56. The topological polar surface area (TPSA) is 87.4 Å². The van der Waals surface area contributed by atoms with Gasteiger partial charge in [0.15, 0.2) is 11.5 Å². The Morgan fingerprint density at radius 1 is 0.907 bits per heavy atom. The average molecular weight is 586 g/mol. The van der Waals surface area contributed by atoms with Crippen LogP contribution in [0.1, 0.15) is 51.0 Å². The van der Waals surface area contributed by atoms with Crippen molar-refractivity contribution < 1.29 is 24.1 Å². The van der Waals surface area contributed by atoms with E-state index >= 15 is 0 Å². The molecule has 0 spiro atoms. The van der Waals surface area contributed by atoms with E-state index in [0.717, 1.165) is 50.4 Å². The summed E-state index contributed by atoms with van der Waals surface area (Å²) in [4.78, 5) is 4.56. The monoisotopic (exact) mass is 585 g/mol. The fourth-order valence-electron chi connectivity index (χ4n) is 7.62. The molecule has 2 aromatic carbocycles.